The summed E-state index contributed by atoms with van der Waals surface area (Å²) in [6, 6.07) is 3.13. The summed E-state index contributed by atoms with van der Waals surface area (Å²) in [5.74, 6) is 0.618. The van der Waals surface area contributed by atoms with Gasteiger partial charge in [-0.25, -0.2) is 4.98 Å². The van der Waals surface area contributed by atoms with Gasteiger partial charge in [0.15, 0.2) is 5.16 Å². The Bertz CT molecular complexity index is 918. The third-order valence-corrected chi connectivity index (χ3v) is 5.63. The van der Waals surface area contributed by atoms with Crippen molar-refractivity contribution in [2.75, 3.05) is 11.1 Å². The summed E-state index contributed by atoms with van der Waals surface area (Å²) >= 11 is 8.13. The summed E-state index contributed by atoms with van der Waals surface area (Å²) in [5.41, 5.74) is 0.0834. The first-order chi connectivity index (χ1) is 12.2. The van der Waals surface area contributed by atoms with Crippen LogP contribution in [0.3, 0.4) is 0 Å². The minimum Gasteiger partial charge on any atom is -0.325 e. The zero-order valence-electron chi connectivity index (χ0n) is 12.9. The summed E-state index contributed by atoms with van der Waals surface area (Å²) in [6.07, 6.45) is -4.61. The van der Waals surface area contributed by atoms with Gasteiger partial charge < -0.3 is 10.3 Å². The van der Waals surface area contributed by atoms with Crippen LogP contribution in [0, 0.1) is 0 Å². The molecule has 0 unspecified atom stereocenters. The van der Waals surface area contributed by atoms with Crippen LogP contribution in [0.1, 0.15) is 16.8 Å². The second-order valence-corrected chi connectivity index (χ2v) is 7.68. The van der Waals surface area contributed by atoms with Crippen molar-refractivity contribution in [1.82, 2.24) is 9.97 Å². The molecular weight excluding hydrogens is 411 g/mol. The predicted molar refractivity (Wildman–Crippen MR) is 95.7 cm³/mol. The number of alkyl halides is 3. The van der Waals surface area contributed by atoms with Gasteiger partial charge >= 0.3 is 6.18 Å². The molecule has 2 aromatic rings. The number of anilines is 1. The van der Waals surface area contributed by atoms with E-state index in [0.29, 0.717) is 27.9 Å². The molecule has 3 rings (SSSR count). The first-order valence-electron chi connectivity index (χ1n) is 7.23. The number of nitrogens with one attached hydrogen (secondary N) is 2. The first kappa shape index (κ1) is 19.1. The molecule has 0 saturated heterocycles. The van der Waals surface area contributed by atoms with Crippen LogP contribution in [-0.2, 0) is 22.5 Å². The van der Waals surface area contributed by atoms with Crippen molar-refractivity contribution < 1.29 is 18.0 Å². The van der Waals surface area contributed by atoms with E-state index in [1.165, 1.54) is 6.07 Å². The normalized spacial score (nSPS) is 13.5. The van der Waals surface area contributed by atoms with Crippen LogP contribution in [0.4, 0.5) is 18.9 Å². The summed E-state index contributed by atoms with van der Waals surface area (Å²) in [7, 11) is 0. The molecule has 1 aliphatic rings. The fourth-order valence-corrected chi connectivity index (χ4v) is 4.20. The maximum absolute atomic E-state index is 12.8. The Kier molecular flexibility index (Phi) is 5.54. The molecule has 1 aliphatic heterocycles. The molecule has 2 heterocycles. The van der Waals surface area contributed by atoms with E-state index in [9.17, 15) is 22.8 Å². The maximum Gasteiger partial charge on any atom is 0.417 e. The number of halogens is 4. The summed E-state index contributed by atoms with van der Waals surface area (Å²) < 4.78 is 38.5. The smallest absolute Gasteiger partial charge is 0.325 e. The molecule has 1 aromatic carbocycles. The lowest BCUT2D eigenvalue weighted by Crippen LogP contribution is -2.18. The number of aromatic nitrogens is 2. The third kappa shape index (κ3) is 4.36. The number of H-pyrrole nitrogens is 1. The van der Waals surface area contributed by atoms with Gasteiger partial charge in [0, 0.05) is 22.8 Å². The molecule has 0 bridgehead atoms. The second kappa shape index (κ2) is 7.53. The Morgan fingerprint density at radius 2 is 2.15 bits per heavy atom. The van der Waals surface area contributed by atoms with Gasteiger partial charge in [-0.1, -0.05) is 23.4 Å². The molecule has 5 nitrogen and oxygen atoms in total. The number of thioether (sulfide) groups is 2. The molecule has 0 aliphatic carbocycles. The van der Waals surface area contributed by atoms with Gasteiger partial charge in [-0.3, -0.25) is 9.59 Å². The monoisotopic (exact) mass is 421 g/mol. The van der Waals surface area contributed by atoms with Crippen LogP contribution in [0.25, 0.3) is 0 Å². The van der Waals surface area contributed by atoms with Gasteiger partial charge in [-0.05, 0) is 18.2 Å². The fraction of sp³-hybridized carbons (Fsp3) is 0.267. The van der Waals surface area contributed by atoms with Gasteiger partial charge in [0.1, 0.15) is 0 Å². The number of benzene rings is 1. The molecule has 0 radical (unpaired) electrons. The molecule has 0 fully saturated rings. The van der Waals surface area contributed by atoms with E-state index in [2.05, 4.69) is 15.3 Å². The van der Waals surface area contributed by atoms with Crippen molar-refractivity contribution in [2.45, 2.75) is 22.8 Å². The Hall–Kier alpha value is -1.65. The standard InChI is InChI=1S/C15H11ClF3N3O2S2/c16-10-2-1-7(3-9(10)15(17,18)19)20-12(23)6-26-14-21-11-5-25-4-8(11)13(24)22-14/h1-3H,4-6H2,(H,20,23)(H,21,22,24). The highest BCUT2D eigenvalue weighted by Gasteiger charge is 2.33. The average molecular weight is 422 g/mol. The number of carbonyl (C=O) groups excluding carboxylic acids is 1. The van der Waals surface area contributed by atoms with E-state index in [1.54, 1.807) is 11.8 Å². The number of rotatable bonds is 4. The van der Waals surface area contributed by atoms with Gasteiger partial charge in [0.25, 0.3) is 5.56 Å². The third-order valence-electron chi connectivity index (χ3n) is 3.46. The number of fused-ring (bicyclic) bond motifs is 1. The number of aromatic amines is 1. The molecule has 0 spiro atoms. The SMILES string of the molecule is O=C(CSc1nc2c(c(=O)[nH]1)CSC2)Nc1ccc(Cl)c(C(F)(F)F)c1. The zero-order valence-corrected chi connectivity index (χ0v) is 15.3. The van der Waals surface area contributed by atoms with Crippen molar-refractivity contribution >= 4 is 46.7 Å². The average Bonchev–Trinajstić information content (AvgIpc) is 3.03. The van der Waals surface area contributed by atoms with Crippen molar-refractivity contribution in [2.24, 2.45) is 0 Å². The van der Waals surface area contributed by atoms with Gasteiger partial charge in [0.2, 0.25) is 5.91 Å². The quantitative estimate of drug-likeness (QED) is 0.578. The Labute approximate surface area is 159 Å². The molecule has 1 amide bonds. The van der Waals surface area contributed by atoms with Crippen LogP contribution in [0.15, 0.2) is 28.2 Å². The molecule has 2 N–H and O–H groups in total. The zero-order chi connectivity index (χ0) is 18.9. The van der Waals surface area contributed by atoms with Crippen LogP contribution >= 0.6 is 35.1 Å². The minimum atomic E-state index is -4.61. The van der Waals surface area contributed by atoms with Crippen LogP contribution in [-0.4, -0.2) is 21.6 Å². The lowest BCUT2D eigenvalue weighted by Gasteiger charge is -2.11. The van der Waals surface area contributed by atoms with Crippen molar-refractivity contribution in [3.63, 3.8) is 0 Å². The summed E-state index contributed by atoms with van der Waals surface area (Å²) in [4.78, 5) is 30.8. The highest BCUT2D eigenvalue weighted by molar-refractivity contribution is 7.99. The highest BCUT2D eigenvalue weighted by Crippen LogP contribution is 2.36. The Balaban J connectivity index is 1.65. The predicted octanol–water partition coefficient (Wildman–Crippen LogP) is 3.92. The number of nitrogens with zero attached hydrogens (tertiary/aromatic N) is 1. The molecule has 26 heavy (non-hydrogen) atoms. The molecule has 11 heteroatoms. The van der Waals surface area contributed by atoms with Crippen molar-refractivity contribution in [1.29, 1.82) is 0 Å². The number of carbonyl (C=O) groups is 1. The number of amides is 1. The van der Waals surface area contributed by atoms with E-state index < -0.39 is 22.7 Å². The lowest BCUT2D eigenvalue weighted by molar-refractivity contribution is -0.137. The molecule has 1 aromatic heterocycles. The van der Waals surface area contributed by atoms with Gasteiger partial charge in [-0.15, -0.1) is 0 Å². The van der Waals surface area contributed by atoms with Crippen LogP contribution in [0.5, 0.6) is 0 Å². The first-order valence-corrected chi connectivity index (χ1v) is 9.75. The van der Waals surface area contributed by atoms with E-state index >= 15 is 0 Å². The molecule has 0 atom stereocenters. The molecule has 138 valence electrons. The highest BCUT2D eigenvalue weighted by atomic mass is 35.5. The van der Waals surface area contributed by atoms with E-state index in [1.807, 2.05) is 0 Å². The van der Waals surface area contributed by atoms with E-state index in [0.717, 1.165) is 23.9 Å². The summed E-state index contributed by atoms with van der Waals surface area (Å²) in [5, 5.41) is 2.24. The molecule has 0 saturated carbocycles. The van der Waals surface area contributed by atoms with Crippen LogP contribution < -0.4 is 10.9 Å². The largest absolute Gasteiger partial charge is 0.417 e. The Morgan fingerprint density at radius 1 is 1.38 bits per heavy atom. The van der Waals surface area contributed by atoms with Crippen molar-refractivity contribution in [3.05, 3.63) is 50.4 Å². The Morgan fingerprint density at radius 3 is 2.88 bits per heavy atom. The second-order valence-electron chi connectivity index (χ2n) is 5.32. The van der Waals surface area contributed by atoms with Gasteiger partial charge in [0.05, 0.1) is 22.0 Å². The minimum absolute atomic E-state index is 0.0147. The lowest BCUT2D eigenvalue weighted by atomic mass is 10.2. The van der Waals surface area contributed by atoms with Crippen molar-refractivity contribution in [3.8, 4) is 0 Å². The summed E-state index contributed by atoms with van der Waals surface area (Å²) in [6.45, 7) is 0. The van der Waals surface area contributed by atoms with Gasteiger partial charge in [-0.2, -0.15) is 24.9 Å². The number of hydrogen-bond donors (Lipinski definition) is 2. The number of hydrogen-bond acceptors (Lipinski definition) is 5. The van der Waals surface area contributed by atoms with E-state index in [4.69, 9.17) is 11.6 Å². The maximum atomic E-state index is 12.8. The van der Waals surface area contributed by atoms with E-state index in [-0.39, 0.29) is 17.0 Å². The molecular formula is C15H11ClF3N3O2S2. The van der Waals surface area contributed by atoms with Crippen LogP contribution in [0.2, 0.25) is 5.02 Å². The fourth-order valence-electron chi connectivity index (χ4n) is 2.26. The topological polar surface area (TPSA) is 74.8 Å².